The Hall–Kier alpha value is -1.77. The summed E-state index contributed by atoms with van der Waals surface area (Å²) >= 11 is 0. The number of aromatic nitrogens is 1. The first-order valence-corrected chi connectivity index (χ1v) is 8.06. The number of hydrogen-bond acceptors (Lipinski definition) is 6. The van der Waals surface area contributed by atoms with Crippen LogP contribution in [0, 0.1) is 5.95 Å². The first kappa shape index (κ1) is 19.6. The molecule has 0 unspecified atom stereocenters. The number of methoxy groups -OCH3 is 1. The number of rotatable bonds is 5. The van der Waals surface area contributed by atoms with Crippen LogP contribution in [0.3, 0.4) is 0 Å². The van der Waals surface area contributed by atoms with Gasteiger partial charge >= 0.3 is 13.1 Å². The molecule has 1 aromatic heterocycles. The predicted octanol–water partition coefficient (Wildman–Crippen LogP) is 2.24. The van der Waals surface area contributed by atoms with Crippen LogP contribution in [0.5, 0.6) is 0 Å². The lowest BCUT2D eigenvalue weighted by atomic mass is 9.77. The van der Waals surface area contributed by atoms with Gasteiger partial charge in [0.1, 0.15) is 5.56 Å². The summed E-state index contributed by atoms with van der Waals surface area (Å²) in [6, 6.07) is 1.40. The maximum absolute atomic E-state index is 13.7. The monoisotopic (exact) mass is 350 g/mol. The molecular weight excluding hydrogens is 326 g/mol. The van der Waals surface area contributed by atoms with Crippen molar-refractivity contribution in [3.8, 4) is 0 Å². The maximum Gasteiger partial charge on any atom is 0.491 e. The van der Waals surface area contributed by atoms with Crippen LogP contribution in [0.4, 0.5) is 4.39 Å². The lowest BCUT2D eigenvalue weighted by Crippen LogP contribution is -2.41. The molecule has 25 heavy (non-hydrogen) atoms. The summed E-state index contributed by atoms with van der Waals surface area (Å²) < 4.78 is 30.4. The first-order chi connectivity index (χ1) is 11.6. The Kier molecular flexibility index (Phi) is 5.66. The Morgan fingerprint density at radius 3 is 2.48 bits per heavy atom. The molecule has 8 heteroatoms. The topological polar surface area (TPSA) is 69.7 Å². The largest absolute Gasteiger partial charge is 0.491 e. The van der Waals surface area contributed by atoms with E-state index in [1.54, 1.807) is 6.08 Å². The van der Waals surface area contributed by atoms with Crippen molar-refractivity contribution in [1.29, 1.82) is 0 Å². The van der Waals surface area contributed by atoms with E-state index < -0.39 is 30.2 Å². The fourth-order valence-corrected chi connectivity index (χ4v) is 2.41. The van der Waals surface area contributed by atoms with Crippen molar-refractivity contribution in [3.63, 3.8) is 0 Å². The average Bonchev–Trinajstić information content (AvgIpc) is 2.76. The number of likely N-dealkylation sites (N-methyl/N-ethyl adjacent to an activating group) is 1. The molecule has 2 rings (SSSR count). The molecule has 0 bridgehead atoms. The first-order valence-electron chi connectivity index (χ1n) is 8.06. The SMILES string of the molecule is CNCC(=Cc1cnc(F)c(C(=O)OC)c1)B1OC(C)(C)C(C)(C)O1. The van der Waals surface area contributed by atoms with E-state index in [1.807, 2.05) is 34.7 Å². The molecule has 0 aliphatic carbocycles. The number of ether oxygens (including phenoxy) is 1. The van der Waals surface area contributed by atoms with Crippen LogP contribution < -0.4 is 5.32 Å². The zero-order valence-electron chi connectivity index (χ0n) is 15.5. The van der Waals surface area contributed by atoms with Gasteiger partial charge in [-0.05, 0) is 51.8 Å². The van der Waals surface area contributed by atoms with Crippen LogP contribution in [0.15, 0.2) is 17.7 Å². The molecule has 0 saturated carbocycles. The van der Waals surface area contributed by atoms with Gasteiger partial charge in [-0.25, -0.2) is 9.78 Å². The van der Waals surface area contributed by atoms with E-state index in [4.69, 9.17) is 9.31 Å². The summed E-state index contributed by atoms with van der Waals surface area (Å²) in [6.07, 6.45) is 3.13. The molecule has 1 N–H and O–H groups in total. The van der Waals surface area contributed by atoms with Gasteiger partial charge in [-0.15, -0.1) is 0 Å². The van der Waals surface area contributed by atoms with Crippen molar-refractivity contribution in [2.24, 2.45) is 0 Å². The van der Waals surface area contributed by atoms with E-state index in [0.29, 0.717) is 12.1 Å². The van der Waals surface area contributed by atoms with Crippen molar-refractivity contribution in [2.75, 3.05) is 20.7 Å². The zero-order valence-corrected chi connectivity index (χ0v) is 15.5. The zero-order chi connectivity index (χ0) is 18.8. The number of carbonyl (C=O) groups is 1. The van der Waals surface area contributed by atoms with E-state index in [2.05, 4.69) is 15.0 Å². The summed E-state index contributed by atoms with van der Waals surface area (Å²) in [5.41, 5.74) is 0.215. The quantitative estimate of drug-likeness (QED) is 0.499. The van der Waals surface area contributed by atoms with Crippen molar-refractivity contribution in [3.05, 3.63) is 34.8 Å². The van der Waals surface area contributed by atoms with E-state index in [9.17, 15) is 9.18 Å². The van der Waals surface area contributed by atoms with Gasteiger partial charge in [0.15, 0.2) is 0 Å². The Morgan fingerprint density at radius 1 is 1.36 bits per heavy atom. The number of nitrogens with one attached hydrogen (secondary N) is 1. The summed E-state index contributed by atoms with van der Waals surface area (Å²) in [6.45, 7) is 8.39. The minimum Gasteiger partial charge on any atom is -0.465 e. The second-order valence-electron chi connectivity index (χ2n) is 6.94. The minimum atomic E-state index is -0.866. The number of pyridine rings is 1. The van der Waals surface area contributed by atoms with Gasteiger partial charge in [0.05, 0.1) is 18.3 Å². The van der Waals surface area contributed by atoms with Gasteiger partial charge in [-0.3, -0.25) is 0 Å². The van der Waals surface area contributed by atoms with Crippen LogP contribution in [0.1, 0.15) is 43.6 Å². The second-order valence-corrected chi connectivity index (χ2v) is 6.94. The molecule has 1 saturated heterocycles. The average molecular weight is 350 g/mol. The number of halogens is 1. The van der Waals surface area contributed by atoms with Crippen LogP contribution in [0.25, 0.3) is 6.08 Å². The molecular formula is C17H24BFN2O4. The van der Waals surface area contributed by atoms with E-state index in [1.165, 1.54) is 19.4 Å². The highest BCUT2D eigenvalue weighted by molar-refractivity contribution is 6.55. The molecule has 0 radical (unpaired) electrons. The van der Waals surface area contributed by atoms with Gasteiger partial charge in [0.2, 0.25) is 5.95 Å². The van der Waals surface area contributed by atoms with Gasteiger partial charge in [0.25, 0.3) is 0 Å². The molecule has 1 aliphatic heterocycles. The molecule has 0 atom stereocenters. The summed E-state index contributed by atoms with van der Waals surface area (Å²) in [5, 5.41) is 3.07. The molecule has 1 aromatic rings. The van der Waals surface area contributed by atoms with E-state index in [-0.39, 0.29) is 5.56 Å². The maximum atomic E-state index is 13.7. The Morgan fingerprint density at radius 2 is 1.96 bits per heavy atom. The fourth-order valence-electron chi connectivity index (χ4n) is 2.41. The lowest BCUT2D eigenvalue weighted by Gasteiger charge is -2.32. The van der Waals surface area contributed by atoms with Gasteiger partial charge in [-0.2, -0.15) is 4.39 Å². The third kappa shape index (κ3) is 4.08. The number of hydrogen-bond donors (Lipinski definition) is 1. The highest BCUT2D eigenvalue weighted by Gasteiger charge is 2.52. The normalized spacial score (nSPS) is 19.2. The van der Waals surface area contributed by atoms with Crippen LogP contribution >= 0.6 is 0 Å². The summed E-state index contributed by atoms with van der Waals surface area (Å²) in [4.78, 5) is 15.3. The Balaban J connectivity index is 2.37. The smallest absolute Gasteiger partial charge is 0.465 e. The predicted molar refractivity (Wildman–Crippen MR) is 93.5 cm³/mol. The van der Waals surface area contributed by atoms with Crippen LogP contribution in [-0.4, -0.2) is 50.0 Å². The number of carbonyl (C=O) groups excluding carboxylic acids is 1. The molecule has 136 valence electrons. The fraction of sp³-hybridized carbons (Fsp3) is 0.529. The van der Waals surface area contributed by atoms with Crippen molar-refractivity contribution >= 4 is 19.2 Å². The lowest BCUT2D eigenvalue weighted by molar-refractivity contribution is 0.00578. The van der Waals surface area contributed by atoms with Gasteiger partial charge in [-0.1, -0.05) is 6.08 Å². The summed E-state index contributed by atoms with van der Waals surface area (Å²) in [5.74, 6) is -1.64. The standard InChI is InChI=1S/C17H24BFN2O4/c1-16(2)17(3,4)25-18(24-16)12(10-20-5)7-11-8-13(15(22)23-6)14(19)21-9-11/h7-9,20H,10H2,1-6H3. The molecule has 2 heterocycles. The second kappa shape index (κ2) is 7.23. The molecule has 1 aliphatic rings. The third-order valence-corrected chi connectivity index (χ3v) is 4.55. The van der Waals surface area contributed by atoms with E-state index in [0.717, 1.165) is 5.47 Å². The van der Waals surface area contributed by atoms with Crippen molar-refractivity contribution < 1.29 is 23.2 Å². The summed E-state index contributed by atoms with van der Waals surface area (Å²) in [7, 11) is 2.45. The number of esters is 1. The minimum absolute atomic E-state index is 0.214. The highest BCUT2D eigenvalue weighted by Crippen LogP contribution is 2.38. The molecule has 0 amide bonds. The Labute approximate surface area is 147 Å². The van der Waals surface area contributed by atoms with Crippen LogP contribution in [-0.2, 0) is 14.0 Å². The van der Waals surface area contributed by atoms with Gasteiger partial charge < -0.3 is 19.4 Å². The highest BCUT2D eigenvalue weighted by atomic mass is 19.1. The molecule has 6 nitrogen and oxygen atoms in total. The van der Waals surface area contributed by atoms with Gasteiger partial charge in [0, 0.05) is 12.7 Å². The number of nitrogens with zero attached hydrogens (tertiary/aromatic N) is 1. The van der Waals surface area contributed by atoms with Crippen molar-refractivity contribution in [2.45, 2.75) is 38.9 Å². The van der Waals surface area contributed by atoms with E-state index >= 15 is 0 Å². The molecule has 1 fully saturated rings. The third-order valence-electron chi connectivity index (χ3n) is 4.55. The molecule has 0 aromatic carbocycles. The Bertz CT molecular complexity index is 675. The van der Waals surface area contributed by atoms with Crippen LogP contribution in [0.2, 0.25) is 0 Å². The van der Waals surface area contributed by atoms with Crippen molar-refractivity contribution in [1.82, 2.24) is 10.3 Å². The molecule has 0 spiro atoms.